The molecule has 0 saturated carbocycles. The van der Waals surface area contributed by atoms with E-state index in [2.05, 4.69) is 15.0 Å². The van der Waals surface area contributed by atoms with Gasteiger partial charge in [0.2, 0.25) is 0 Å². The number of nitrogens with zero attached hydrogens (tertiary/aromatic N) is 1. The maximum atomic E-state index is 11.4. The van der Waals surface area contributed by atoms with Crippen molar-refractivity contribution in [2.75, 3.05) is 12.4 Å². The second kappa shape index (κ2) is 5.87. The predicted molar refractivity (Wildman–Crippen MR) is 68.9 cm³/mol. The number of ether oxygens (including phenoxy) is 1. The predicted octanol–water partition coefficient (Wildman–Crippen LogP) is 1.83. The van der Waals surface area contributed by atoms with Gasteiger partial charge in [0.1, 0.15) is 6.26 Å². The topological polar surface area (TPSA) is 102 Å². The van der Waals surface area contributed by atoms with Crippen molar-refractivity contribution in [1.82, 2.24) is 4.98 Å². The molecule has 0 saturated heterocycles. The summed E-state index contributed by atoms with van der Waals surface area (Å²) in [5.41, 5.74) is 1.27. The van der Waals surface area contributed by atoms with E-state index in [0.29, 0.717) is 16.9 Å². The molecule has 0 amide bonds. The number of hydrogen-bond donors (Lipinski definition) is 2. The van der Waals surface area contributed by atoms with E-state index in [0.717, 1.165) is 0 Å². The normalized spacial score (nSPS) is 10.1. The van der Waals surface area contributed by atoms with Crippen LogP contribution < -0.4 is 5.32 Å². The first kappa shape index (κ1) is 13.6. The number of aromatic nitrogens is 1. The van der Waals surface area contributed by atoms with Crippen molar-refractivity contribution in [1.29, 1.82) is 0 Å². The maximum absolute atomic E-state index is 11.4. The number of oxazole rings is 1. The van der Waals surface area contributed by atoms with E-state index in [1.807, 2.05) is 0 Å². The molecule has 0 unspecified atom stereocenters. The summed E-state index contributed by atoms with van der Waals surface area (Å²) in [6, 6.07) is 6.74. The molecule has 0 fully saturated rings. The lowest BCUT2D eigenvalue weighted by atomic mass is 10.2. The van der Waals surface area contributed by atoms with Crippen molar-refractivity contribution in [3.05, 3.63) is 41.8 Å². The molecule has 1 heterocycles. The average Bonchev–Trinajstić information content (AvgIpc) is 2.84. The van der Waals surface area contributed by atoms with E-state index in [-0.39, 0.29) is 12.4 Å². The van der Waals surface area contributed by atoms with E-state index < -0.39 is 11.9 Å². The summed E-state index contributed by atoms with van der Waals surface area (Å²) in [4.78, 5) is 25.9. The summed E-state index contributed by atoms with van der Waals surface area (Å²) >= 11 is 0. The quantitative estimate of drug-likeness (QED) is 0.803. The van der Waals surface area contributed by atoms with Crippen LogP contribution in [0.1, 0.15) is 16.1 Å². The van der Waals surface area contributed by atoms with Crippen LogP contribution in [-0.2, 0) is 16.0 Å². The largest absolute Gasteiger partial charge is 0.481 e. The first-order valence-electron chi connectivity index (χ1n) is 5.70. The fraction of sp³-hybridized carbons (Fsp3) is 0.154. The number of rotatable bonds is 5. The number of esters is 1. The molecular formula is C13H12N2O5. The monoisotopic (exact) mass is 276 g/mol. The Bertz CT molecular complexity index is 635. The minimum absolute atomic E-state index is 0.156. The van der Waals surface area contributed by atoms with E-state index in [4.69, 9.17) is 9.52 Å². The first-order valence-corrected chi connectivity index (χ1v) is 5.70. The van der Waals surface area contributed by atoms with E-state index in [9.17, 15) is 9.59 Å². The number of nitrogens with one attached hydrogen (secondary N) is 1. The van der Waals surface area contributed by atoms with E-state index >= 15 is 0 Å². The van der Waals surface area contributed by atoms with Gasteiger partial charge in [0, 0.05) is 5.69 Å². The molecule has 0 spiro atoms. The molecule has 2 aromatic rings. The van der Waals surface area contributed by atoms with Gasteiger partial charge in [0.25, 0.3) is 6.01 Å². The maximum Gasteiger partial charge on any atom is 0.337 e. The minimum atomic E-state index is -0.988. The molecule has 0 bridgehead atoms. The highest BCUT2D eigenvalue weighted by atomic mass is 16.5. The van der Waals surface area contributed by atoms with Crippen LogP contribution in [0.3, 0.4) is 0 Å². The summed E-state index contributed by atoms with van der Waals surface area (Å²) in [6.45, 7) is 0. The molecule has 2 N–H and O–H groups in total. The second-order valence-electron chi connectivity index (χ2n) is 3.91. The standard InChI is InChI=1S/C13H12N2O5/c1-19-12(18)8-3-2-4-9(5-8)14-13-15-10(7-20-13)6-11(16)17/h2-5,7H,6H2,1H3,(H,14,15)(H,16,17). The van der Waals surface area contributed by atoms with Gasteiger partial charge in [-0.1, -0.05) is 6.07 Å². The van der Waals surface area contributed by atoms with Gasteiger partial charge in [0.15, 0.2) is 0 Å². The van der Waals surface area contributed by atoms with Gasteiger partial charge in [0.05, 0.1) is 24.8 Å². The molecular weight excluding hydrogens is 264 g/mol. The number of benzene rings is 1. The van der Waals surface area contributed by atoms with Crippen LogP contribution in [0.25, 0.3) is 0 Å². The highest BCUT2D eigenvalue weighted by Crippen LogP contribution is 2.18. The lowest BCUT2D eigenvalue weighted by molar-refractivity contribution is -0.136. The molecule has 0 radical (unpaired) electrons. The molecule has 1 aromatic carbocycles. The molecule has 104 valence electrons. The number of aliphatic carboxylic acids is 1. The number of methoxy groups -OCH3 is 1. The van der Waals surface area contributed by atoms with E-state index in [1.165, 1.54) is 13.4 Å². The number of carbonyl (C=O) groups is 2. The van der Waals surface area contributed by atoms with Crippen molar-refractivity contribution in [3.8, 4) is 0 Å². The fourth-order valence-corrected chi connectivity index (χ4v) is 1.57. The fourth-order valence-electron chi connectivity index (χ4n) is 1.57. The molecule has 2 rings (SSSR count). The molecule has 0 aliphatic heterocycles. The van der Waals surface area contributed by atoms with Gasteiger partial charge < -0.3 is 19.6 Å². The Labute approximate surface area is 114 Å². The highest BCUT2D eigenvalue weighted by molar-refractivity contribution is 5.90. The number of carbonyl (C=O) groups excluding carboxylic acids is 1. The molecule has 0 aliphatic carbocycles. The minimum Gasteiger partial charge on any atom is -0.481 e. The Morgan fingerprint density at radius 3 is 2.95 bits per heavy atom. The average molecular weight is 276 g/mol. The molecule has 0 atom stereocenters. The number of carboxylic acid groups (broad SMARTS) is 1. The molecule has 1 aromatic heterocycles. The van der Waals surface area contributed by atoms with Crippen molar-refractivity contribution in [2.45, 2.75) is 6.42 Å². The zero-order valence-electron chi connectivity index (χ0n) is 10.6. The third-order valence-electron chi connectivity index (χ3n) is 2.42. The Morgan fingerprint density at radius 1 is 1.45 bits per heavy atom. The smallest absolute Gasteiger partial charge is 0.337 e. The van der Waals surface area contributed by atoms with Crippen molar-refractivity contribution in [2.24, 2.45) is 0 Å². The Kier molecular flexibility index (Phi) is 3.99. The third-order valence-corrected chi connectivity index (χ3v) is 2.42. The summed E-state index contributed by atoms with van der Waals surface area (Å²) < 4.78 is 9.71. The zero-order chi connectivity index (χ0) is 14.5. The lowest BCUT2D eigenvalue weighted by Gasteiger charge is -2.03. The SMILES string of the molecule is COC(=O)c1cccc(Nc2nc(CC(=O)O)co2)c1. The van der Waals surface area contributed by atoms with Crippen LogP contribution in [0.2, 0.25) is 0 Å². The summed E-state index contributed by atoms with van der Waals surface area (Å²) in [7, 11) is 1.30. The van der Waals surface area contributed by atoms with Gasteiger partial charge in [-0.3, -0.25) is 4.79 Å². The first-order chi connectivity index (χ1) is 9.58. The summed E-state index contributed by atoms with van der Waals surface area (Å²) in [5.74, 6) is -1.44. The summed E-state index contributed by atoms with van der Waals surface area (Å²) in [5, 5.41) is 11.5. The lowest BCUT2D eigenvalue weighted by Crippen LogP contribution is -2.02. The van der Waals surface area contributed by atoms with Crippen molar-refractivity contribution >= 4 is 23.6 Å². The summed E-state index contributed by atoms with van der Waals surface area (Å²) in [6.07, 6.45) is 1.05. The second-order valence-corrected chi connectivity index (χ2v) is 3.91. The van der Waals surface area contributed by atoms with E-state index in [1.54, 1.807) is 24.3 Å². The number of carboxylic acids is 1. The van der Waals surface area contributed by atoms with Gasteiger partial charge in [-0.25, -0.2) is 4.79 Å². The van der Waals surface area contributed by atoms with Crippen molar-refractivity contribution < 1.29 is 23.8 Å². The highest BCUT2D eigenvalue weighted by Gasteiger charge is 2.09. The van der Waals surface area contributed by atoms with Crippen molar-refractivity contribution in [3.63, 3.8) is 0 Å². The van der Waals surface area contributed by atoms with Crippen LogP contribution >= 0.6 is 0 Å². The Balaban J connectivity index is 2.11. The third kappa shape index (κ3) is 3.35. The molecule has 7 nitrogen and oxygen atoms in total. The van der Waals surface area contributed by atoms with Gasteiger partial charge >= 0.3 is 11.9 Å². The van der Waals surface area contributed by atoms with Gasteiger partial charge in [-0.2, -0.15) is 4.98 Å². The Morgan fingerprint density at radius 2 is 2.25 bits per heavy atom. The number of hydrogen-bond acceptors (Lipinski definition) is 6. The molecule has 7 heteroatoms. The Hall–Kier alpha value is -2.83. The molecule has 0 aliphatic rings. The van der Waals surface area contributed by atoms with Crippen LogP contribution in [0.15, 0.2) is 34.9 Å². The van der Waals surface area contributed by atoms with Gasteiger partial charge in [-0.15, -0.1) is 0 Å². The molecule has 20 heavy (non-hydrogen) atoms. The van der Waals surface area contributed by atoms with Gasteiger partial charge in [-0.05, 0) is 18.2 Å². The van der Waals surface area contributed by atoms with Crippen LogP contribution in [0, 0.1) is 0 Å². The van der Waals surface area contributed by atoms with Crippen LogP contribution in [0.5, 0.6) is 0 Å². The van der Waals surface area contributed by atoms with Crippen LogP contribution in [-0.4, -0.2) is 29.1 Å². The van der Waals surface area contributed by atoms with Crippen LogP contribution in [0.4, 0.5) is 11.7 Å². The number of anilines is 2. The zero-order valence-corrected chi connectivity index (χ0v) is 10.6.